The Bertz CT molecular complexity index is 339. The Kier molecular flexibility index (Phi) is 7.20. The number of carbonyl (C=O) groups excluding carboxylic acids is 2. The van der Waals surface area contributed by atoms with E-state index in [0.29, 0.717) is 13.1 Å². The van der Waals surface area contributed by atoms with Crippen LogP contribution in [-0.2, 0) is 9.59 Å². The highest BCUT2D eigenvalue weighted by Gasteiger charge is 2.32. The van der Waals surface area contributed by atoms with Crippen molar-refractivity contribution in [1.29, 1.82) is 0 Å². The van der Waals surface area contributed by atoms with Crippen LogP contribution in [0.3, 0.4) is 0 Å². The minimum atomic E-state index is -0.325. The summed E-state index contributed by atoms with van der Waals surface area (Å²) in [4.78, 5) is 26.2. The first-order chi connectivity index (χ1) is 9.86. The van der Waals surface area contributed by atoms with Crippen LogP contribution in [-0.4, -0.2) is 36.3 Å². The van der Waals surface area contributed by atoms with Crippen molar-refractivity contribution in [1.82, 2.24) is 10.2 Å². The molecule has 2 amide bonds. The smallest absolute Gasteiger partial charge is 0.227 e. The Morgan fingerprint density at radius 1 is 1.10 bits per heavy atom. The van der Waals surface area contributed by atoms with Crippen LogP contribution in [0.25, 0.3) is 0 Å². The highest BCUT2D eigenvalue weighted by molar-refractivity contribution is 5.82. The van der Waals surface area contributed by atoms with Gasteiger partial charge in [0.1, 0.15) is 0 Å². The van der Waals surface area contributed by atoms with Crippen molar-refractivity contribution in [2.75, 3.05) is 19.6 Å². The van der Waals surface area contributed by atoms with Crippen LogP contribution in [0.4, 0.5) is 0 Å². The van der Waals surface area contributed by atoms with Gasteiger partial charge in [0.15, 0.2) is 0 Å². The van der Waals surface area contributed by atoms with Crippen LogP contribution >= 0.6 is 0 Å². The average molecular weight is 296 g/mol. The monoisotopic (exact) mass is 296 g/mol. The summed E-state index contributed by atoms with van der Waals surface area (Å²) in [5.74, 6) is 0.454. The SMILES string of the molecule is CCCCCCNC(=O)C1CCN(C(=O)C(C)(C)C)CC1. The van der Waals surface area contributed by atoms with Crippen LogP contribution in [0.2, 0.25) is 0 Å². The fourth-order valence-corrected chi connectivity index (χ4v) is 2.73. The summed E-state index contributed by atoms with van der Waals surface area (Å²) in [6, 6.07) is 0. The molecule has 0 aromatic rings. The Morgan fingerprint density at radius 3 is 2.24 bits per heavy atom. The van der Waals surface area contributed by atoms with E-state index in [1.807, 2.05) is 25.7 Å². The van der Waals surface area contributed by atoms with Crippen molar-refractivity contribution in [3.63, 3.8) is 0 Å². The normalized spacial score (nSPS) is 16.9. The second kappa shape index (κ2) is 8.40. The first-order valence-electron chi connectivity index (χ1n) is 8.43. The first kappa shape index (κ1) is 18.0. The topological polar surface area (TPSA) is 49.4 Å². The summed E-state index contributed by atoms with van der Waals surface area (Å²) in [5, 5.41) is 3.04. The zero-order chi connectivity index (χ0) is 15.9. The fourth-order valence-electron chi connectivity index (χ4n) is 2.73. The Hall–Kier alpha value is -1.06. The standard InChI is InChI=1S/C17H32N2O2/c1-5-6-7-8-11-18-15(20)14-9-12-19(13-10-14)16(21)17(2,3)4/h14H,5-13H2,1-4H3,(H,18,20). The maximum atomic E-state index is 12.2. The van der Waals surface area contributed by atoms with E-state index < -0.39 is 0 Å². The average Bonchev–Trinajstić information content (AvgIpc) is 2.45. The number of rotatable bonds is 6. The third-order valence-electron chi connectivity index (χ3n) is 4.12. The van der Waals surface area contributed by atoms with Gasteiger partial charge in [-0.1, -0.05) is 47.0 Å². The van der Waals surface area contributed by atoms with Crippen LogP contribution in [0.5, 0.6) is 0 Å². The van der Waals surface area contributed by atoms with E-state index in [0.717, 1.165) is 25.8 Å². The minimum Gasteiger partial charge on any atom is -0.356 e. The summed E-state index contributed by atoms with van der Waals surface area (Å²) in [7, 11) is 0. The molecule has 0 spiro atoms. The number of likely N-dealkylation sites (tertiary alicyclic amines) is 1. The summed E-state index contributed by atoms with van der Waals surface area (Å²) < 4.78 is 0. The van der Waals surface area contributed by atoms with Gasteiger partial charge in [-0.2, -0.15) is 0 Å². The lowest BCUT2D eigenvalue weighted by atomic mass is 9.90. The highest BCUT2D eigenvalue weighted by atomic mass is 16.2. The third-order valence-corrected chi connectivity index (χ3v) is 4.12. The van der Waals surface area contributed by atoms with Gasteiger partial charge in [-0.3, -0.25) is 9.59 Å². The van der Waals surface area contributed by atoms with Gasteiger partial charge in [-0.05, 0) is 19.3 Å². The molecule has 0 aliphatic carbocycles. The summed E-state index contributed by atoms with van der Waals surface area (Å²) >= 11 is 0. The van der Waals surface area contributed by atoms with Gasteiger partial charge < -0.3 is 10.2 Å². The van der Waals surface area contributed by atoms with E-state index in [4.69, 9.17) is 0 Å². The predicted octanol–water partition coefficient (Wildman–Crippen LogP) is 2.97. The largest absolute Gasteiger partial charge is 0.356 e. The number of nitrogens with zero attached hydrogens (tertiary/aromatic N) is 1. The van der Waals surface area contributed by atoms with Crippen molar-refractivity contribution >= 4 is 11.8 Å². The molecule has 1 rings (SSSR count). The molecular weight excluding hydrogens is 264 g/mol. The maximum absolute atomic E-state index is 12.2. The van der Waals surface area contributed by atoms with Crippen LogP contribution in [0, 0.1) is 11.3 Å². The van der Waals surface area contributed by atoms with Gasteiger partial charge in [0.2, 0.25) is 11.8 Å². The van der Waals surface area contributed by atoms with Gasteiger partial charge in [0, 0.05) is 31.0 Å². The molecule has 1 aliphatic rings. The van der Waals surface area contributed by atoms with Crippen molar-refractivity contribution in [2.24, 2.45) is 11.3 Å². The van der Waals surface area contributed by atoms with Crippen LogP contribution < -0.4 is 5.32 Å². The number of carbonyl (C=O) groups is 2. The second-order valence-electron chi connectivity index (χ2n) is 7.17. The number of piperidine rings is 1. The van der Waals surface area contributed by atoms with Crippen molar-refractivity contribution in [3.8, 4) is 0 Å². The summed E-state index contributed by atoms with van der Waals surface area (Å²) in [6.07, 6.45) is 6.30. The number of hydrogen-bond donors (Lipinski definition) is 1. The summed E-state index contributed by atoms with van der Waals surface area (Å²) in [5.41, 5.74) is -0.325. The number of unbranched alkanes of at least 4 members (excludes halogenated alkanes) is 3. The van der Waals surface area contributed by atoms with Gasteiger partial charge in [0.05, 0.1) is 0 Å². The molecule has 0 atom stereocenters. The van der Waals surface area contributed by atoms with E-state index >= 15 is 0 Å². The number of nitrogens with one attached hydrogen (secondary N) is 1. The lowest BCUT2D eigenvalue weighted by Crippen LogP contribution is -2.46. The van der Waals surface area contributed by atoms with E-state index in [2.05, 4.69) is 12.2 Å². The lowest BCUT2D eigenvalue weighted by Gasteiger charge is -2.35. The van der Waals surface area contributed by atoms with Crippen molar-refractivity contribution < 1.29 is 9.59 Å². The lowest BCUT2D eigenvalue weighted by molar-refractivity contribution is -0.142. The fraction of sp³-hybridized carbons (Fsp3) is 0.882. The summed E-state index contributed by atoms with van der Waals surface area (Å²) in [6.45, 7) is 10.2. The van der Waals surface area contributed by atoms with Crippen LogP contribution in [0.15, 0.2) is 0 Å². The number of hydrogen-bond acceptors (Lipinski definition) is 2. The van der Waals surface area contributed by atoms with Gasteiger partial charge >= 0.3 is 0 Å². The van der Waals surface area contributed by atoms with Crippen molar-refractivity contribution in [3.05, 3.63) is 0 Å². The molecule has 0 aromatic carbocycles. The molecule has 4 heteroatoms. The van der Waals surface area contributed by atoms with E-state index in [-0.39, 0.29) is 23.1 Å². The quantitative estimate of drug-likeness (QED) is 0.766. The third kappa shape index (κ3) is 6.06. The van der Waals surface area contributed by atoms with E-state index in [1.54, 1.807) is 0 Å². The zero-order valence-electron chi connectivity index (χ0n) is 14.2. The molecule has 1 heterocycles. The predicted molar refractivity (Wildman–Crippen MR) is 85.9 cm³/mol. The van der Waals surface area contributed by atoms with E-state index in [1.165, 1.54) is 19.3 Å². The van der Waals surface area contributed by atoms with Gasteiger partial charge in [-0.15, -0.1) is 0 Å². The van der Waals surface area contributed by atoms with Crippen molar-refractivity contribution in [2.45, 2.75) is 66.2 Å². The molecule has 1 fully saturated rings. The molecule has 122 valence electrons. The second-order valence-corrected chi connectivity index (χ2v) is 7.17. The molecular formula is C17H32N2O2. The molecule has 21 heavy (non-hydrogen) atoms. The molecule has 0 saturated carbocycles. The first-order valence-corrected chi connectivity index (χ1v) is 8.43. The zero-order valence-corrected chi connectivity index (χ0v) is 14.2. The molecule has 1 N–H and O–H groups in total. The molecule has 4 nitrogen and oxygen atoms in total. The molecule has 0 bridgehead atoms. The Labute approximate surface area is 129 Å². The Morgan fingerprint density at radius 2 is 1.71 bits per heavy atom. The maximum Gasteiger partial charge on any atom is 0.227 e. The Balaban J connectivity index is 2.26. The minimum absolute atomic E-state index is 0.0835. The molecule has 1 saturated heterocycles. The molecule has 0 radical (unpaired) electrons. The highest BCUT2D eigenvalue weighted by Crippen LogP contribution is 2.23. The van der Waals surface area contributed by atoms with Gasteiger partial charge in [0.25, 0.3) is 0 Å². The van der Waals surface area contributed by atoms with Gasteiger partial charge in [-0.25, -0.2) is 0 Å². The van der Waals surface area contributed by atoms with Crippen LogP contribution in [0.1, 0.15) is 66.2 Å². The molecule has 0 unspecified atom stereocenters. The van der Waals surface area contributed by atoms with E-state index in [9.17, 15) is 9.59 Å². The molecule has 0 aromatic heterocycles. The number of amides is 2. The molecule has 1 aliphatic heterocycles.